The van der Waals surface area contributed by atoms with E-state index in [1.807, 2.05) is 6.07 Å². The highest BCUT2D eigenvalue weighted by Gasteiger charge is 2.14. The van der Waals surface area contributed by atoms with Crippen LogP contribution in [-0.4, -0.2) is 33.0 Å². The number of ether oxygens (including phenoxy) is 4. The van der Waals surface area contributed by atoms with E-state index in [1.54, 1.807) is 6.07 Å². The lowest BCUT2D eigenvalue weighted by molar-refractivity contribution is 0.0315. The fraction of sp³-hybridized carbons (Fsp3) is 0.600. The summed E-state index contributed by atoms with van der Waals surface area (Å²) in [7, 11) is 0. The van der Waals surface area contributed by atoms with Gasteiger partial charge in [0.25, 0.3) is 0 Å². The van der Waals surface area contributed by atoms with Crippen molar-refractivity contribution in [1.29, 1.82) is 0 Å². The average Bonchev–Trinajstić information content (AvgIpc) is 2.42. The topological polar surface area (TPSA) is 62.9 Å². The predicted octanol–water partition coefficient (Wildman–Crippen LogP) is 2.23. The number of nitrogen functional groups attached to an aromatic ring is 1. The van der Waals surface area contributed by atoms with Gasteiger partial charge in [0.15, 0.2) is 11.5 Å². The quantitative estimate of drug-likeness (QED) is 0.613. The molecule has 1 aromatic rings. The van der Waals surface area contributed by atoms with Crippen molar-refractivity contribution in [1.82, 2.24) is 0 Å². The van der Waals surface area contributed by atoms with Gasteiger partial charge in [-0.3, -0.25) is 0 Å². The van der Waals surface area contributed by atoms with Gasteiger partial charge in [-0.15, -0.1) is 0 Å². The van der Waals surface area contributed by atoms with Gasteiger partial charge in [0.2, 0.25) is 0 Å². The first-order valence-electron chi connectivity index (χ1n) is 7.00. The number of anilines is 1. The summed E-state index contributed by atoms with van der Waals surface area (Å²) >= 11 is 0. The molecule has 0 fully saturated rings. The van der Waals surface area contributed by atoms with Crippen molar-refractivity contribution in [3.63, 3.8) is 0 Å². The van der Waals surface area contributed by atoms with Crippen LogP contribution in [0.15, 0.2) is 12.1 Å². The van der Waals surface area contributed by atoms with Gasteiger partial charge in [-0.2, -0.15) is 0 Å². The molecule has 0 aromatic heterocycles. The van der Waals surface area contributed by atoms with Gasteiger partial charge in [0, 0.05) is 23.9 Å². The first kappa shape index (κ1) is 14.9. The minimum absolute atomic E-state index is 0.452. The maximum Gasteiger partial charge on any atom is 0.163 e. The van der Waals surface area contributed by atoms with E-state index in [0.29, 0.717) is 50.4 Å². The minimum atomic E-state index is 0.452. The fourth-order valence-electron chi connectivity index (χ4n) is 1.89. The molecule has 0 saturated carbocycles. The van der Waals surface area contributed by atoms with E-state index in [-0.39, 0.29) is 0 Å². The zero-order valence-electron chi connectivity index (χ0n) is 12.2. The molecule has 1 aliphatic heterocycles. The summed E-state index contributed by atoms with van der Waals surface area (Å²) in [5, 5.41) is 0. The molecule has 0 unspecified atom stereocenters. The van der Waals surface area contributed by atoms with E-state index in [9.17, 15) is 0 Å². The molecule has 0 aliphatic carbocycles. The Morgan fingerprint density at radius 3 is 2.45 bits per heavy atom. The molecule has 0 amide bonds. The molecule has 2 rings (SSSR count). The molecule has 112 valence electrons. The van der Waals surface area contributed by atoms with E-state index in [2.05, 4.69) is 13.8 Å². The van der Waals surface area contributed by atoms with Crippen molar-refractivity contribution in [3.05, 3.63) is 17.7 Å². The molecule has 0 spiro atoms. The highest BCUT2D eigenvalue weighted by atomic mass is 16.6. The molecule has 0 saturated heterocycles. The van der Waals surface area contributed by atoms with Crippen LogP contribution < -0.4 is 15.2 Å². The van der Waals surface area contributed by atoms with Crippen LogP contribution in [0.2, 0.25) is 0 Å². The van der Waals surface area contributed by atoms with Crippen LogP contribution in [0.4, 0.5) is 5.69 Å². The van der Waals surface area contributed by atoms with Crippen molar-refractivity contribution in [2.75, 3.05) is 38.8 Å². The zero-order valence-corrected chi connectivity index (χ0v) is 12.2. The second-order valence-corrected chi connectivity index (χ2v) is 5.22. The number of hydrogen-bond acceptors (Lipinski definition) is 5. The predicted molar refractivity (Wildman–Crippen MR) is 77.2 cm³/mol. The Hall–Kier alpha value is -1.46. The van der Waals surface area contributed by atoms with Crippen LogP contribution in [0.3, 0.4) is 0 Å². The molecule has 5 nitrogen and oxygen atoms in total. The molecule has 1 aromatic carbocycles. The third kappa shape index (κ3) is 4.28. The Balaban J connectivity index is 1.78. The number of benzene rings is 1. The molecule has 0 atom stereocenters. The van der Waals surface area contributed by atoms with Gasteiger partial charge in [0.05, 0.1) is 19.8 Å². The number of fused-ring (bicyclic) bond motifs is 1. The van der Waals surface area contributed by atoms with E-state index in [4.69, 9.17) is 24.7 Å². The lowest BCUT2D eigenvalue weighted by Gasteiger charge is -2.20. The van der Waals surface area contributed by atoms with Gasteiger partial charge in [0.1, 0.15) is 13.2 Å². The molecule has 0 radical (unpaired) electrons. The van der Waals surface area contributed by atoms with Crippen molar-refractivity contribution in [2.45, 2.75) is 20.5 Å². The standard InChI is InChI=1S/C15H23NO4/c1-11(2)9-17-3-4-18-10-12-7-14-15(8-13(12)16)20-6-5-19-14/h7-8,11H,3-6,9-10,16H2,1-2H3. The van der Waals surface area contributed by atoms with Gasteiger partial charge in [-0.25, -0.2) is 0 Å². The van der Waals surface area contributed by atoms with Crippen LogP contribution in [-0.2, 0) is 16.1 Å². The molecule has 0 bridgehead atoms. The summed E-state index contributed by atoms with van der Waals surface area (Å²) in [5.74, 6) is 1.99. The van der Waals surface area contributed by atoms with E-state index in [1.165, 1.54) is 0 Å². The fourth-order valence-corrected chi connectivity index (χ4v) is 1.89. The normalized spacial score (nSPS) is 13.8. The summed E-state index contributed by atoms with van der Waals surface area (Å²) in [4.78, 5) is 0. The summed E-state index contributed by atoms with van der Waals surface area (Å²) in [6, 6.07) is 3.68. The Labute approximate surface area is 120 Å². The van der Waals surface area contributed by atoms with Crippen LogP contribution in [0, 0.1) is 5.92 Å². The third-order valence-electron chi connectivity index (χ3n) is 2.88. The molecule has 1 heterocycles. The maximum absolute atomic E-state index is 5.98. The SMILES string of the molecule is CC(C)COCCOCc1cc2c(cc1N)OCCO2. The highest BCUT2D eigenvalue weighted by Crippen LogP contribution is 2.34. The van der Waals surface area contributed by atoms with Gasteiger partial charge >= 0.3 is 0 Å². The third-order valence-corrected chi connectivity index (χ3v) is 2.88. The number of hydrogen-bond donors (Lipinski definition) is 1. The molecule has 2 N–H and O–H groups in total. The zero-order chi connectivity index (χ0) is 14.4. The molecule has 5 heteroatoms. The highest BCUT2D eigenvalue weighted by molar-refractivity contribution is 5.58. The summed E-state index contributed by atoms with van der Waals surface area (Å²) in [5.41, 5.74) is 7.56. The first-order chi connectivity index (χ1) is 9.66. The second kappa shape index (κ2) is 7.36. The number of nitrogens with two attached hydrogens (primary N) is 1. The van der Waals surface area contributed by atoms with Gasteiger partial charge < -0.3 is 24.7 Å². The molecular weight excluding hydrogens is 258 g/mol. The first-order valence-corrected chi connectivity index (χ1v) is 7.00. The van der Waals surface area contributed by atoms with Crippen molar-refractivity contribution < 1.29 is 18.9 Å². The van der Waals surface area contributed by atoms with E-state index in [0.717, 1.165) is 17.9 Å². The maximum atomic E-state index is 5.98. The molecule has 1 aliphatic rings. The van der Waals surface area contributed by atoms with Crippen molar-refractivity contribution in [2.24, 2.45) is 5.92 Å². The monoisotopic (exact) mass is 281 g/mol. The van der Waals surface area contributed by atoms with Crippen LogP contribution in [0.1, 0.15) is 19.4 Å². The van der Waals surface area contributed by atoms with Gasteiger partial charge in [-0.05, 0) is 12.0 Å². The summed E-state index contributed by atoms with van der Waals surface area (Å²) in [6.07, 6.45) is 0. The second-order valence-electron chi connectivity index (χ2n) is 5.22. The Morgan fingerprint density at radius 1 is 1.10 bits per heavy atom. The largest absolute Gasteiger partial charge is 0.486 e. The van der Waals surface area contributed by atoms with Crippen LogP contribution >= 0.6 is 0 Å². The van der Waals surface area contributed by atoms with E-state index >= 15 is 0 Å². The van der Waals surface area contributed by atoms with Gasteiger partial charge in [-0.1, -0.05) is 13.8 Å². The van der Waals surface area contributed by atoms with Crippen molar-refractivity contribution >= 4 is 5.69 Å². The lowest BCUT2D eigenvalue weighted by Crippen LogP contribution is -2.16. The van der Waals surface area contributed by atoms with Crippen molar-refractivity contribution in [3.8, 4) is 11.5 Å². The average molecular weight is 281 g/mol. The Morgan fingerprint density at radius 2 is 1.75 bits per heavy atom. The van der Waals surface area contributed by atoms with E-state index < -0.39 is 0 Å². The minimum Gasteiger partial charge on any atom is -0.486 e. The van der Waals surface area contributed by atoms with Crippen LogP contribution in [0.25, 0.3) is 0 Å². The number of rotatable bonds is 7. The molecule has 20 heavy (non-hydrogen) atoms. The molecular formula is C15H23NO4. The lowest BCUT2D eigenvalue weighted by atomic mass is 10.1. The Bertz CT molecular complexity index is 434. The summed E-state index contributed by atoms with van der Waals surface area (Å²) in [6.45, 7) is 7.75. The van der Waals surface area contributed by atoms with Crippen LogP contribution in [0.5, 0.6) is 11.5 Å². The summed E-state index contributed by atoms with van der Waals surface area (Å²) < 4.78 is 22.0. The smallest absolute Gasteiger partial charge is 0.163 e. The Kier molecular flexibility index (Phi) is 5.49.